The van der Waals surface area contributed by atoms with Gasteiger partial charge in [0, 0.05) is 11.1 Å². The number of hydrogen-bond acceptors (Lipinski definition) is 2. The number of aromatic nitrogens is 1. The van der Waals surface area contributed by atoms with Crippen molar-refractivity contribution in [3.05, 3.63) is 90.0 Å². The smallest absolute Gasteiger partial charge is 0.250 e. The molecule has 0 aliphatic rings. The highest BCUT2D eigenvalue weighted by atomic mass is 16.1. The van der Waals surface area contributed by atoms with Crippen molar-refractivity contribution in [3.63, 3.8) is 0 Å². The molecule has 0 saturated carbocycles. The Morgan fingerprint density at radius 3 is 2.29 bits per heavy atom. The summed E-state index contributed by atoms with van der Waals surface area (Å²) >= 11 is 0. The van der Waals surface area contributed by atoms with Crippen molar-refractivity contribution in [1.82, 2.24) is 4.98 Å². The van der Waals surface area contributed by atoms with Gasteiger partial charge in [-0.15, -0.1) is 0 Å². The number of benzene rings is 3. The van der Waals surface area contributed by atoms with E-state index in [1.54, 1.807) is 6.07 Å². The second-order valence-corrected chi connectivity index (χ2v) is 7.26. The largest absolute Gasteiger partial charge is 0.366 e. The van der Waals surface area contributed by atoms with Gasteiger partial charge in [0.25, 0.3) is 5.91 Å². The number of nitrogens with zero attached hydrogens (tertiary/aromatic N) is 1. The minimum atomic E-state index is -0.472. The van der Waals surface area contributed by atoms with Gasteiger partial charge in [-0.3, -0.25) is 4.79 Å². The number of hydrogen-bond donors (Lipinski definition) is 1. The molecule has 2 N–H and O–H groups in total. The third-order valence-electron chi connectivity index (χ3n) is 5.08. The molecule has 4 rings (SSSR count). The zero-order chi connectivity index (χ0) is 19.7. The Hall–Kier alpha value is -3.46. The number of fused-ring (bicyclic) bond motifs is 1. The number of rotatable bonds is 4. The quantitative estimate of drug-likeness (QED) is 0.497. The molecule has 0 fully saturated rings. The summed E-state index contributed by atoms with van der Waals surface area (Å²) < 4.78 is 0. The lowest BCUT2D eigenvalue weighted by Crippen LogP contribution is -2.13. The van der Waals surface area contributed by atoms with Gasteiger partial charge in [-0.25, -0.2) is 4.98 Å². The molecule has 1 heterocycles. The molecule has 3 heteroatoms. The third-order valence-corrected chi connectivity index (χ3v) is 5.08. The molecular weight excluding hydrogens is 344 g/mol. The molecule has 0 radical (unpaired) electrons. The van der Waals surface area contributed by atoms with E-state index in [2.05, 4.69) is 50.2 Å². The van der Waals surface area contributed by atoms with Crippen molar-refractivity contribution < 1.29 is 4.79 Å². The van der Waals surface area contributed by atoms with Crippen LogP contribution in [0.5, 0.6) is 0 Å². The Morgan fingerprint density at radius 1 is 0.857 bits per heavy atom. The summed E-state index contributed by atoms with van der Waals surface area (Å²) in [6.45, 7) is 4.31. The molecule has 3 aromatic carbocycles. The molecule has 0 spiro atoms. The van der Waals surface area contributed by atoms with Crippen molar-refractivity contribution in [2.75, 3.05) is 0 Å². The fraction of sp³-hybridized carbons (Fsp3) is 0.120. The van der Waals surface area contributed by atoms with Crippen LogP contribution >= 0.6 is 0 Å². The fourth-order valence-corrected chi connectivity index (χ4v) is 3.50. The van der Waals surface area contributed by atoms with E-state index in [9.17, 15) is 4.79 Å². The lowest BCUT2D eigenvalue weighted by molar-refractivity contribution is 0.100. The number of carbonyl (C=O) groups excluding carboxylic acids is 1. The molecule has 0 unspecified atom stereocenters. The van der Waals surface area contributed by atoms with Gasteiger partial charge >= 0.3 is 0 Å². The zero-order valence-corrected chi connectivity index (χ0v) is 16.0. The van der Waals surface area contributed by atoms with Crippen LogP contribution in [0.4, 0.5) is 0 Å². The highest BCUT2D eigenvalue weighted by Gasteiger charge is 2.15. The molecule has 0 aliphatic heterocycles. The fourth-order valence-electron chi connectivity index (χ4n) is 3.50. The Balaban J connectivity index is 1.89. The molecule has 0 bridgehead atoms. The summed E-state index contributed by atoms with van der Waals surface area (Å²) in [6, 6.07) is 26.2. The van der Waals surface area contributed by atoms with Crippen LogP contribution in [0.1, 0.15) is 35.7 Å². The maximum absolute atomic E-state index is 12.0. The molecule has 0 saturated heterocycles. The van der Waals surface area contributed by atoms with Gasteiger partial charge in [0.15, 0.2) is 0 Å². The van der Waals surface area contributed by atoms with Gasteiger partial charge in [0.1, 0.15) is 0 Å². The number of pyridine rings is 1. The van der Waals surface area contributed by atoms with Crippen LogP contribution in [0, 0.1) is 0 Å². The zero-order valence-electron chi connectivity index (χ0n) is 16.0. The summed E-state index contributed by atoms with van der Waals surface area (Å²) in [5.74, 6) is -0.0282. The minimum absolute atomic E-state index is 0.432. The molecule has 1 amide bonds. The molecule has 1 aromatic heterocycles. The van der Waals surface area contributed by atoms with Crippen LogP contribution < -0.4 is 5.73 Å². The third kappa shape index (κ3) is 3.27. The second-order valence-electron chi connectivity index (χ2n) is 7.26. The average Bonchev–Trinajstić information content (AvgIpc) is 2.73. The van der Waals surface area contributed by atoms with Crippen molar-refractivity contribution >= 4 is 16.7 Å². The van der Waals surface area contributed by atoms with E-state index in [1.165, 1.54) is 5.56 Å². The number of primary amides is 1. The molecule has 3 nitrogen and oxygen atoms in total. The van der Waals surface area contributed by atoms with E-state index >= 15 is 0 Å². The van der Waals surface area contributed by atoms with Crippen LogP contribution in [-0.2, 0) is 0 Å². The first-order valence-corrected chi connectivity index (χ1v) is 9.44. The van der Waals surface area contributed by atoms with Crippen molar-refractivity contribution in [2.24, 2.45) is 5.73 Å². The maximum atomic E-state index is 12.0. The topological polar surface area (TPSA) is 56.0 Å². The van der Waals surface area contributed by atoms with E-state index in [1.807, 2.05) is 36.4 Å². The van der Waals surface area contributed by atoms with Crippen LogP contribution in [-0.4, -0.2) is 10.9 Å². The van der Waals surface area contributed by atoms with Gasteiger partial charge in [-0.05, 0) is 34.4 Å². The molecule has 4 aromatic rings. The standard InChI is InChI=1S/C25H22N2O/c1-16(2)17-10-12-19(13-11-17)24-22(25(26)28)14-15-23(27-24)21-9-5-7-18-6-3-4-8-20(18)21/h3-16H,1-2H3,(H2,26,28). The van der Waals surface area contributed by atoms with Crippen LogP contribution in [0.3, 0.4) is 0 Å². The average molecular weight is 366 g/mol. The van der Waals surface area contributed by atoms with Crippen molar-refractivity contribution in [2.45, 2.75) is 19.8 Å². The van der Waals surface area contributed by atoms with Gasteiger partial charge in [0.2, 0.25) is 0 Å². The van der Waals surface area contributed by atoms with Gasteiger partial charge < -0.3 is 5.73 Å². The van der Waals surface area contributed by atoms with Crippen molar-refractivity contribution in [1.29, 1.82) is 0 Å². The summed E-state index contributed by atoms with van der Waals surface area (Å²) in [5.41, 5.74) is 10.7. The molecular formula is C25H22N2O. The first kappa shape index (κ1) is 17.9. The predicted octanol–water partition coefficient (Wildman–Crippen LogP) is 5.79. The Kier molecular flexibility index (Phi) is 4.66. The molecule has 0 aliphatic carbocycles. The molecule has 0 atom stereocenters. The summed E-state index contributed by atoms with van der Waals surface area (Å²) in [6.07, 6.45) is 0. The lowest BCUT2D eigenvalue weighted by Gasteiger charge is -2.12. The first-order valence-electron chi connectivity index (χ1n) is 9.44. The van der Waals surface area contributed by atoms with Gasteiger partial charge in [-0.2, -0.15) is 0 Å². The summed E-state index contributed by atoms with van der Waals surface area (Å²) in [7, 11) is 0. The van der Waals surface area contributed by atoms with Gasteiger partial charge in [0.05, 0.1) is 17.0 Å². The monoisotopic (exact) mass is 366 g/mol. The minimum Gasteiger partial charge on any atom is -0.366 e. The normalized spacial score (nSPS) is 11.1. The van der Waals surface area contributed by atoms with Gasteiger partial charge in [-0.1, -0.05) is 80.6 Å². The number of nitrogens with two attached hydrogens (primary N) is 1. The Morgan fingerprint density at radius 2 is 1.57 bits per heavy atom. The van der Waals surface area contributed by atoms with E-state index in [0.29, 0.717) is 17.2 Å². The van der Waals surface area contributed by atoms with Crippen molar-refractivity contribution in [3.8, 4) is 22.5 Å². The van der Waals surface area contributed by atoms with Crippen LogP contribution in [0.15, 0.2) is 78.9 Å². The van der Waals surface area contributed by atoms with E-state index in [4.69, 9.17) is 10.7 Å². The van der Waals surface area contributed by atoms with Crippen LogP contribution in [0.2, 0.25) is 0 Å². The highest BCUT2D eigenvalue weighted by Crippen LogP contribution is 2.31. The summed E-state index contributed by atoms with van der Waals surface area (Å²) in [4.78, 5) is 16.9. The first-order chi connectivity index (χ1) is 13.5. The van der Waals surface area contributed by atoms with E-state index in [-0.39, 0.29) is 0 Å². The maximum Gasteiger partial charge on any atom is 0.250 e. The Labute approximate surface area is 164 Å². The Bertz CT molecular complexity index is 1160. The molecule has 28 heavy (non-hydrogen) atoms. The lowest BCUT2D eigenvalue weighted by atomic mass is 9.97. The predicted molar refractivity (Wildman–Crippen MR) is 115 cm³/mol. The second kappa shape index (κ2) is 7.28. The summed E-state index contributed by atoms with van der Waals surface area (Å²) in [5, 5.41) is 2.29. The molecule has 138 valence electrons. The number of amides is 1. The van der Waals surface area contributed by atoms with Crippen LogP contribution in [0.25, 0.3) is 33.3 Å². The highest BCUT2D eigenvalue weighted by molar-refractivity contribution is 6.00. The van der Waals surface area contributed by atoms with E-state index in [0.717, 1.165) is 27.6 Å². The van der Waals surface area contributed by atoms with E-state index < -0.39 is 5.91 Å². The number of carbonyl (C=O) groups is 1. The SMILES string of the molecule is CC(C)c1ccc(-c2nc(-c3cccc4ccccc34)ccc2C(N)=O)cc1.